The van der Waals surface area contributed by atoms with Crippen LogP contribution in [-0.4, -0.2) is 10.8 Å². The van der Waals surface area contributed by atoms with Crippen LogP contribution in [0, 0.1) is 27.7 Å². The van der Waals surface area contributed by atoms with Crippen LogP contribution in [0.4, 0.5) is 11.4 Å². The number of hydrogen-bond acceptors (Lipinski definition) is 4. The first-order chi connectivity index (χ1) is 13.7. The van der Waals surface area contributed by atoms with Crippen LogP contribution in [0.3, 0.4) is 0 Å². The highest BCUT2D eigenvalue weighted by Crippen LogP contribution is 2.31. The number of nitro groups is 1. The molecule has 0 saturated carbocycles. The van der Waals surface area contributed by atoms with Crippen molar-refractivity contribution >= 4 is 85.1 Å². The molecule has 6 nitrogen and oxygen atoms in total. The Hall–Kier alpha value is -1.48. The Morgan fingerprint density at radius 1 is 1.03 bits per heavy atom. The van der Waals surface area contributed by atoms with Gasteiger partial charge in [-0.2, -0.15) is 0 Å². The van der Waals surface area contributed by atoms with Gasteiger partial charge in [-0.3, -0.25) is 14.9 Å². The number of nitrogens with zero attached hydrogens (tertiary/aromatic N) is 1. The van der Waals surface area contributed by atoms with Gasteiger partial charge in [-0.15, -0.1) is 0 Å². The number of hydrogen-bond donors (Lipinski definition) is 1. The van der Waals surface area contributed by atoms with Crippen LogP contribution in [0.15, 0.2) is 54.6 Å². The minimum absolute atomic E-state index is 0.169. The summed E-state index contributed by atoms with van der Waals surface area (Å²) in [5, 5.41) is 14.1. The molecule has 0 heterocycles. The molecule has 0 radical (unpaired) electrons. The van der Waals surface area contributed by atoms with Gasteiger partial charge >= 0.3 is 0 Å². The third kappa shape index (κ3) is 5.78. The molecule has 3 aromatic carbocycles. The zero-order valence-electron chi connectivity index (χ0n) is 14.9. The Morgan fingerprint density at radius 3 is 2.48 bits per heavy atom. The van der Waals surface area contributed by atoms with Crippen molar-refractivity contribution < 1.29 is 14.5 Å². The van der Waals surface area contributed by atoms with Gasteiger partial charge in [-0.25, -0.2) is 0 Å². The Balaban J connectivity index is 1.93. The topological polar surface area (TPSA) is 81.5 Å². The summed E-state index contributed by atoms with van der Waals surface area (Å²) in [5.74, 6) is 0.490. The molecule has 1 N–H and O–H groups in total. The Labute approximate surface area is 208 Å². The predicted octanol–water partition coefficient (Wildman–Crippen LogP) is 6.76. The first-order valence-corrected chi connectivity index (χ1v) is 11.5. The molecule has 0 atom stereocenters. The lowest BCUT2D eigenvalue weighted by molar-refractivity contribution is -0.384. The Morgan fingerprint density at radius 2 is 1.79 bits per heavy atom. The highest BCUT2D eigenvalue weighted by atomic mass is 127. The highest BCUT2D eigenvalue weighted by Gasteiger charge is 2.17. The van der Waals surface area contributed by atoms with Crippen molar-refractivity contribution in [2.75, 3.05) is 5.32 Å². The van der Waals surface area contributed by atoms with Crippen LogP contribution in [0.25, 0.3) is 0 Å². The Bertz CT molecular complexity index is 1120. The summed E-state index contributed by atoms with van der Waals surface area (Å²) in [4.78, 5) is 23.6. The van der Waals surface area contributed by atoms with Crippen molar-refractivity contribution in [2.45, 2.75) is 6.92 Å². The number of benzene rings is 3. The summed E-state index contributed by atoms with van der Waals surface area (Å²) >= 11 is 6.44. The number of ether oxygens (including phenoxy) is 1. The standard InChI is InChI=1S/C20H13I3N2O4/c1-11-3-2-4-15(5-11)29-16-9-13(8-14(10-16)25(27)28)24-20(26)17-6-12(21)7-18(22)19(17)23/h2-10H,1H3,(H,24,26). The summed E-state index contributed by atoms with van der Waals surface area (Å²) in [6, 6.07) is 15.3. The summed E-state index contributed by atoms with van der Waals surface area (Å²) in [7, 11) is 0. The number of non-ortho nitro benzene ring substituents is 1. The van der Waals surface area contributed by atoms with E-state index in [1.54, 1.807) is 18.2 Å². The number of anilines is 1. The predicted molar refractivity (Wildman–Crippen MR) is 137 cm³/mol. The molecule has 3 aromatic rings. The van der Waals surface area contributed by atoms with Gasteiger partial charge in [-0.1, -0.05) is 12.1 Å². The normalized spacial score (nSPS) is 10.5. The summed E-state index contributed by atoms with van der Waals surface area (Å²) in [6.07, 6.45) is 0. The van der Waals surface area contributed by atoms with Crippen LogP contribution >= 0.6 is 67.8 Å². The van der Waals surface area contributed by atoms with E-state index in [-0.39, 0.29) is 23.0 Å². The summed E-state index contributed by atoms with van der Waals surface area (Å²) < 4.78 is 8.49. The number of amides is 1. The fourth-order valence-corrected chi connectivity index (χ4v) is 4.96. The van der Waals surface area contributed by atoms with Gasteiger partial charge in [0.05, 0.1) is 22.2 Å². The number of rotatable bonds is 5. The van der Waals surface area contributed by atoms with Gasteiger partial charge < -0.3 is 10.1 Å². The van der Waals surface area contributed by atoms with E-state index in [0.717, 1.165) is 16.3 Å². The fraction of sp³-hybridized carbons (Fsp3) is 0.0500. The SMILES string of the molecule is Cc1cccc(Oc2cc(NC(=O)c3cc(I)cc(I)c3I)cc([N+](=O)[O-])c2)c1. The minimum atomic E-state index is -0.517. The third-order valence-corrected chi connectivity index (χ3v) is 7.49. The van der Waals surface area contributed by atoms with Crippen LogP contribution in [0.1, 0.15) is 15.9 Å². The second kappa shape index (κ2) is 9.55. The van der Waals surface area contributed by atoms with Crippen LogP contribution < -0.4 is 10.1 Å². The highest BCUT2D eigenvalue weighted by molar-refractivity contribution is 14.1. The van der Waals surface area contributed by atoms with Gasteiger partial charge in [0.2, 0.25) is 0 Å². The molecule has 0 unspecified atom stereocenters. The van der Waals surface area contributed by atoms with E-state index in [2.05, 4.69) is 73.1 Å². The van der Waals surface area contributed by atoms with Crippen molar-refractivity contribution in [2.24, 2.45) is 0 Å². The molecule has 0 spiro atoms. The zero-order chi connectivity index (χ0) is 21.1. The molecular weight excluding hydrogens is 713 g/mol. The summed E-state index contributed by atoms with van der Waals surface area (Å²) in [5.41, 5.74) is 1.63. The zero-order valence-corrected chi connectivity index (χ0v) is 21.4. The summed E-state index contributed by atoms with van der Waals surface area (Å²) in [6.45, 7) is 1.93. The average Bonchev–Trinajstić information content (AvgIpc) is 2.64. The number of carbonyl (C=O) groups excluding carboxylic acids is 1. The molecule has 0 bridgehead atoms. The number of nitro benzene ring substituents is 1. The van der Waals surface area contributed by atoms with E-state index in [0.29, 0.717) is 11.3 Å². The van der Waals surface area contributed by atoms with Gasteiger partial charge in [0.1, 0.15) is 11.5 Å². The van der Waals surface area contributed by atoms with Gasteiger partial charge in [-0.05, 0) is 105 Å². The van der Waals surface area contributed by atoms with Crippen molar-refractivity contribution in [3.05, 3.63) is 86.5 Å². The molecule has 29 heavy (non-hydrogen) atoms. The molecule has 0 aliphatic heterocycles. The fourth-order valence-electron chi connectivity index (χ4n) is 2.55. The lowest BCUT2D eigenvalue weighted by Crippen LogP contribution is -2.14. The second-order valence-electron chi connectivity index (χ2n) is 6.09. The number of aryl methyl sites for hydroxylation is 1. The largest absolute Gasteiger partial charge is 0.457 e. The molecule has 9 heteroatoms. The van der Waals surface area contributed by atoms with E-state index in [4.69, 9.17) is 4.74 Å². The van der Waals surface area contributed by atoms with Crippen molar-refractivity contribution in [1.29, 1.82) is 0 Å². The van der Waals surface area contributed by atoms with Crippen molar-refractivity contribution in [1.82, 2.24) is 0 Å². The maximum absolute atomic E-state index is 12.8. The van der Waals surface area contributed by atoms with E-state index >= 15 is 0 Å². The number of halogens is 3. The van der Waals surface area contributed by atoms with E-state index in [9.17, 15) is 14.9 Å². The first-order valence-electron chi connectivity index (χ1n) is 8.23. The van der Waals surface area contributed by atoms with Crippen LogP contribution in [0.2, 0.25) is 0 Å². The van der Waals surface area contributed by atoms with E-state index in [1.807, 2.05) is 31.2 Å². The Kier molecular flexibility index (Phi) is 7.32. The average molecular weight is 726 g/mol. The molecule has 148 valence electrons. The van der Waals surface area contributed by atoms with E-state index < -0.39 is 4.92 Å². The number of nitrogens with one attached hydrogen (secondary N) is 1. The molecule has 0 aliphatic rings. The van der Waals surface area contributed by atoms with Gasteiger partial charge in [0.25, 0.3) is 11.6 Å². The van der Waals surface area contributed by atoms with Gasteiger partial charge in [0.15, 0.2) is 0 Å². The monoisotopic (exact) mass is 726 g/mol. The molecule has 0 saturated heterocycles. The number of carbonyl (C=O) groups is 1. The van der Waals surface area contributed by atoms with Crippen molar-refractivity contribution in [3.63, 3.8) is 0 Å². The lowest BCUT2D eigenvalue weighted by Gasteiger charge is -2.11. The van der Waals surface area contributed by atoms with Gasteiger partial charge in [0, 0.05) is 22.8 Å². The van der Waals surface area contributed by atoms with Crippen LogP contribution in [0.5, 0.6) is 11.5 Å². The molecule has 0 fully saturated rings. The lowest BCUT2D eigenvalue weighted by atomic mass is 10.2. The quantitative estimate of drug-likeness (QED) is 0.137. The maximum Gasteiger partial charge on any atom is 0.275 e. The molecular formula is C20H13I3N2O4. The molecule has 3 rings (SSSR count). The molecule has 0 aromatic heterocycles. The smallest absolute Gasteiger partial charge is 0.275 e. The second-order valence-corrected chi connectivity index (χ2v) is 9.58. The van der Waals surface area contributed by atoms with E-state index in [1.165, 1.54) is 12.1 Å². The molecule has 0 aliphatic carbocycles. The minimum Gasteiger partial charge on any atom is -0.457 e. The maximum atomic E-state index is 12.8. The third-order valence-electron chi connectivity index (χ3n) is 3.82. The van der Waals surface area contributed by atoms with Crippen molar-refractivity contribution in [3.8, 4) is 11.5 Å². The van der Waals surface area contributed by atoms with Crippen LogP contribution in [-0.2, 0) is 0 Å². The molecule has 1 amide bonds. The first kappa shape index (κ1) is 22.2.